The number of nitrogens with zero attached hydrogens (tertiary/aromatic N) is 2. The minimum absolute atomic E-state index is 0.159. The van der Waals surface area contributed by atoms with E-state index >= 15 is 0 Å². The summed E-state index contributed by atoms with van der Waals surface area (Å²) >= 11 is 7.60. The maximum absolute atomic E-state index is 12.1. The molecular weight excluding hydrogens is 304 g/mol. The molecule has 0 aromatic heterocycles. The Labute approximate surface area is 134 Å². The molecule has 3 nitrogen and oxygen atoms in total. The summed E-state index contributed by atoms with van der Waals surface area (Å²) in [6, 6.07) is 7.53. The number of carbonyl (C=O) groups is 1. The molecule has 0 N–H and O–H groups in total. The Hall–Kier alpha value is -1.26. The number of likely N-dealkylation sites (tertiary alicyclic amines) is 1. The predicted octanol–water partition coefficient (Wildman–Crippen LogP) is 4.04. The molecule has 0 spiro atoms. The third kappa shape index (κ3) is 3.33. The molecule has 2 aliphatic heterocycles. The van der Waals surface area contributed by atoms with Gasteiger partial charge in [-0.2, -0.15) is 4.99 Å². The van der Waals surface area contributed by atoms with Gasteiger partial charge in [0.1, 0.15) is 0 Å². The van der Waals surface area contributed by atoms with Gasteiger partial charge in [-0.1, -0.05) is 36.7 Å². The van der Waals surface area contributed by atoms with Crippen LogP contribution in [0.25, 0.3) is 6.08 Å². The van der Waals surface area contributed by atoms with Gasteiger partial charge < -0.3 is 4.90 Å². The second-order valence-corrected chi connectivity index (χ2v) is 6.94. The van der Waals surface area contributed by atoms with Gasteiger partial charge >= 0.3 is 0 Å². The zero-order chi connectivity index (χ0) is 14.8. The van der Waals surface area contributed by atoms with E-state index in [9.17, 15) is 4.79 Å². The topological polar surface area (TPSA) is 32.7 Å². The molecule has 1 amide bonds. The summed E-state index contributed by atoms with van der Waals surface area (Å²) in [5.41, 5.74) is 0.860. The molecule has 0 saturated carbocycles. The number of rotatable bonds is 1. The summed E-state index contributed by atoms with van der Waals surface area (Å²) in [5, 5.41) is 1.49. The first kappa shape index (κ1) is 14.7. The van der Waals surface area contributed by atoms with Gasteiger partial charge in [-0.25, -0.2) is 0 Å². The lowest BCUT2D eigenvalue weighted by molar-refractivity contribution is -0.113. The quantitative estimate of drug-likeness (QED) is 0.732. The van der Waals surface area contributed by atoms with E-state index in [4.69, 9.17) is 11.6 Å². The van der Waals surface area contributed by atoms with Crippen molar-refractivity contribution < 1.29 is 4.79 Å². The van der Waals surface area contributed by atoms with Crippen LogP contribution in [0, 0.1) is 5.92 Å². The number of halogens is 1. The average molecular weight is 321 g/mol. The van der Waals surface area contributed by atoms with Crippen LogP contribution in [-0.2, 0) is 4.79 Å². The maximum Gasteiger partial charge on any atom is 0.286 e. The second kappa shape index (κ2) is 6.24. The summed E-state index contributed by atoms with van der Waals surface area (Å²) in [4.78, 5) is 19.2. The first-order valence-corrected chi connectivity index (χ1v) is 8.35. The van der Waals surface area contributed by atoms with Crippen molar-refractivity contribution in [2.24, 2.45) is 10.9 Å². The summed E-state index contributed by atoms with van der Waals surface area (Å²) in [7, 11) is 0. The van der Waals surface area contributed by atoms with E-state index in [1.807, 2.05) is 30.3 Å². The van der Waals surface area contributed by atoms with E-state index in [1.165, 1.54) is 24.6 Å². The molecule has 1 aromatic rings. The Morgan fingerprint density at radius 1 is 1.43 bits per heavy atom. The van der Waals surface area contributed by atoms with Crippen LogP contribution in [-0.4, -0.2) is 29.1 Å². The van der Waals surface area contributed by atoms with E-state index in [1.54, 1.807) is 0 Å². The van der Waals surface area contributed by atoms with Crippen LogP contribution in [0.4, 0.5) is 0 Å². The zero-order valence-electron chi connectivity index (χ0n) is 11.9. The number of thioether (sulfide) groups is 1. The Kier molecular flexibility index (Phi) is 4.36. The molecule has 0 radical (unpaired) electrons. The molecule has 1 fully saturated rings. The molecule has 110 valence electrons. The van der Waals surface area contributed by atoms with Crippen LogP contribution in [0.15, 0.2) is 34.2 Å². The van der Waals surface area contributed by atoms with Crippen LogP contribution in [0.1, 0.15) is 25.3 Å². The molecule has 0 aliphatic carbocycles. The minimum Gasteiger partial charge on any atom is -0.351 e. The lowest BCUT2D eigenvalue weighted by atomic mass is 10.0. The Balaban J connectivity index is 1.77. The second-order valence-electron chi connectivity index (χ2n) is 5.53. The van der Waals surface area contributed by atoms with Gasteiger partial charge in [0.05, 0.1) is 4.91 Å². The summed E-state index contributed by atoms with van der Waals surface area (Å²) in [6.45, 7) is 4.22. The molecule has 5 heteroatoms. The molecule has 0 unspecified atom stereocenters. The fraction of sp³-hybridized carbons (Fsp3) is 0.375. The maximum atomic E-state index is 12.1. The van der Waals surface area contributed by atoms with E-state index in [-0.39, 0.29) is 5.91 Å². The van der Waals surface area contributed by atoms with Crippen LogP contribution in [0.5, 0.6) is 0 Å². The van der Waals surface area contributed by atoms with E-state index in [2.05, 4.69) is 16.8 Å². The van der Waals surface area contributed by atoms with E-state index < -0.39 is 0 Å². The molecule has 1 aromatic carbocycles. The molecular formula is C16H17ClN2OS. The third-order valence-corrected chi connectivity index (χ3v) is 5.12. The molecule has 1 atom stereocenters. The number of hydrogen-bond donors (Lipinski definition) is 0. The number of aliphatic imine (C=N–C) groups is 1. The molecule has 2 aliphatic rings. The molecule has 2 heterocycles. The van der Waals surface area contributed by atoms with Gasteiger partial charge in [0, 0.05) is 18.1 Å². The van der Waals surface area contributed by atoms with Gasteiger partial charge in [0.2, 0.25) is 0 Å². The molecule has 1 saturated heterocycles. The van der Waals surface area contributed by atoms with Gasteiger partial charge in [0.15, 0.2) is 5.17 Å². The third-order valence-electron chi connectivity index (χ3n) is 3.73. The van der Waals surface area contributed by atoms with Crippen molar-refractivity contribution in [3.8, 4) is 0 Å². The monoisotopic (exact) mass is 320 g/mol. The summed E-state index contributed by atoms with van der Waals surface area (Å²) < 4.78 is 0. The number of amides is 1. The lowest BCUT2D eigenvalue weighted by Gasteiger charge is -2.31. The number of piperidine rings is 1. The zero-order valence-corrected chi connectivity index (χ0v) is 13.5. The first-order chi connectivity index (χ1) is 10.1. The van der Waals surface area contributed by atoms with E-state index in [0.29, 0.717) is 15.8 Å². The lowest BCUT2D eigenvalue weighted by Crippen LogP contribution is -2.37. The minimum atomic E-state index is -0.159. The van der Waals surface area contributed by atoms with Crippen LogP contribution in [0.3, 0.4) is 0 Å². The highest BCUT2D eigenvalue weighted by Gasteiger charge is 2.28. The normalized spacial score (nSPS) is 24.6. The van der Waals surface area contributed by atoms with Crippen molar-refractivity contribution in [2.75, 3.05) is 13.1 Å². The Bertz CT molecular complexity index is 626. The van der Waals surface area contributed by atoms with Gasteiger partial charge in [-0.05, 0) is 48.2 Å². The summed E-state index contributed by atoms with van der Waals surface area (Å²) in [5.74, 6) is 0.502. The van der Waals surface area contributed by atoms with Crippen molar-refractivity contribution in [2.45, 2.75) is 19.8 Å². The van der Waals surface area contributed by atoms with Crippen LogP contribution in [0.2, 0.25) is 5.02 Å². The smallest absolute Gasteiger partial charge is 0.286 e. The highest BCUT2D eigenvalue weighted by Crippen LogP contribution is 2.33. The van der Waals surface area contributed by atoms with Crippen LogP contribution < -0.4 is 0 Å². The van der Waals surface area contributed by atoms with Gasteiger partial charge in [-0.3, -0.25) is 4.79 Å². The van der Waals surface area contributed by atoms with Crippen molar-refractivity contribution in [3.05, 3.63) is 39.8 Å². The fourth-order valence-electron chi connectivity index (χ4n) is 2.63. The molecule has 0 bridgehead atoms. The SMILES string of the molecule is C[C@@H]1CCCN(C2=NC(=O)/C(=C/c3ccccc3Cl)S2)C1. The number of hydrogen-bond acceptors (Lipinski definition) is 3. The van der Waals surface area contributed by atoms with Crippen molar-refractivity contribution in [3.63, 3.8) is 0 Å². The number of benzene rings is 1. The highest BCUT2D eigenvalue weighted by atomic mass is 35.5. The first-order valence-electron chi connectivity index (χ1n) is 7.15. The average Bonchev–Trinajstić information content (AvgIpc) is 2.83. The summed E-state index contributed by atoms with van der Waals surface area (Å²) in [6.07, 6.45) is 4.25. The standard InChI is InChI=1S/C16H17ClN2OS/c1-11-5-4-8-19(10-11)16-18-15(20)14(21-16)9-12-6-2-3-7-13(12)17/h2-3,6-7,9,11H,4-5,8,10H2,1H3/b14-9-/t11-/m1/s1. The van der Waals surface area contributed by atoms with Crippen molar-refractivity contribution >= 4 is 40.5 Å². The Morgan fingerprint density at radius 2 is 2.24 bits per heavy atom. The molecule has 21 heavy (non-hydrogen) atoms. The highest BCUT2D eigenvalue weighted by molar-refractivity contribution is 8.18. The van der Waals surface area contributed by atoms with Crippen molar-refractivity contribution in [1.29, 1.82) is 0 Å². The van der Waals surface area contributed by atoms with E-state index in [0.717, 1.165) is 23.8 Å². The number of carbonyl (C=O) groups excluding carboxylic acids is 1. The predicted molar refractivity (Wildman–Crippen MR) is 89.4 cm³/mol. The van der Waals surface area contributed by atoms with Crippen molar-refractivity contribution in [1.82, 2.24) is 4.90 Å². The largest absolute Gasteiger partial charge is 0.351 e. The van der Waals surface area contributed by atoms with Gasteiger partial charge in [-0.15, -0.1) is 0 Å². The number of amidine groups is 1. The Morgan fingerprint density at radius 3 is 3.00 bits per heavy atom. The molecule has 3 rings (SSSR count). The fourth-order valence-corrected chi connectivity index (χ4v) is 3.76. The van der Waals surface area contributed by atoms with Crippen LogP contribution >= 0.6 is 23.4 Å². The van der Waals surface area contributed by atoms with Gasteiger partial charge in [0.25, 0.3) is 5.91 Å².